The predicted molar refractivity (Wildman–Crippen MR) is 73.7 cm³/mol. The van der Waals surface area contributed by atoms with Gasteiger partial charge in [0.15, 0.2) is 6.29 Å². The Bertz CT molecular complexity index is 372. The molecule has 0 bridgehead atoms. The van der Waals surface area contributed by atoms with E-state index in [1.165, 1.54) is 0 Å². The van der Waals surface area contributed by atoms with Crippen LogP contribution in [0.1, 0.15) is 0 Å². The second kappa shape index (κ2) is 8.94. The van der Waals surface area contributed by atoms with Crippen molar-refractivity contribution in [1.29, 1.82) is 0 Å². The van der Waals surface area contributed by atoms with Crippen LogP contribution in [0.5, 0.6) is 0 Å². The van der Waals surface area contributed by atoms with Gasteiger partial charge in [-0.1, -0.05) is 0 Å². The molecule has 1 heterocycles. The van der Waals surface area contributed by atoms with Crippen molar-refractivity contribution in [2.75, 3.05) is 13.2 Å². The highest BCUT2D eigenvalue weighted by atomic mass is 16.7. The molecule has 1 fully saturated rings. The molecule has 0 aromatic heterocycles. The van der Waals surface area contributed by atoms with Gasteiger partial charge < -0.3 is 56.4 Å². The van der Waals surface area contributed by atoms with Crippen LogP contribution in [0, 0.1) is 0 Å². The molecule has 23 heavy (non-hydrogen) atoms. The number of aldehydes is 1. The highest BCUT2D eigenvalue weighted by molar-refractivity contribution is 5.58. The molecule has 0 spiro atoms. The third-order valence-corrected chi connectivity index (χ3v) is 3.66. The molecular formula is C12H24N2O9. The molecule has 0 radical (unpaired) electrons. The molecule has 0 saturated carbocycles. The molecule has 0 amide bonds. The number of hydrogen-bond acceptors (Lipinski definition) is 11. The smallest absolute Gasteiger partial charge is 0.175 e. The summed E-state index contributed by atoms with van der Waals surface area (Å²) in [5, 5.41) is 57.3. The summed E-state index contributed by atoms with van der Waals surface area (Å²) in [6, 6.07) is -2.55. The molecule has 0 aliphatic carbocycles. The summed E-state index contributed by atoms with van der Waals surface area (Å²) >= 11 is 0. The number of rotatable bonds is 8. The lowest BCUT2D eigenvalue weighted by molar-refractivity contribution is -0.273. The minimum atomic E-state index is -1.76. The fourth-order valence-electron chi connectivity index (χ4n) is 2.08. The van der Waals surface area contributed by atoms with Crippen molar-refractivity contribution in [3.63, 3.8) is 0 Å². The molecule has 1 unspecified atom stereocenters. The molecule has 1 aliphatic rings. The van der Waals surface area contributed by atoms with E-state index in [9.17, 15) is 30.3 Å². The van der Waals surface area contributed by atoms with E-state index in [-0.39, 0.29) is 6.29 Å². The lowest BCUT2D eigenvalue weighted by Gasteiger charge is -2.40. The van der Waals surface area contributed by atoms with Gasteiger partial charge in [0.1, 0.15) is 42.9 Å². The van der Waals surface area contributed by atoms with Crippen molar-refractivity contribution in [2.45, 2.75) is 55.0 Å². The highest BCUT2D eigenvalue weighted by Gasteiger charge is 2.43. The summed E-state index contributed by atoms with van der Waals surface area (Å²) in [7, 11) is 0. The lowest BCUT2D eigenvalue weighted by atomic mass is 9.98. The Morgan fingerprint density at radius 3 is 2.30 bits per heavy atom. The first kappa shape index (κ1) is 20.3. The first-order valence-electron chi connectivity index (χ1n) is 6.99. The second-order valence-corrected chi connectivity index (χ2v) is 5.38. The lowest BCUT2D eigenvalue weighted by Crippen LogP contribution is -2.63. The van der Waals surface area contributed by atoms with E-state index in [0.717, 1.165) is 0 Å². The summed E-state index contributed by atoms with van der Waals surface area (Å²) in [6.07, 6.45) is -10.1. The minimum absolute atomic E-state index is 0.214. The minimum Gasteiger partial charge on any atom is -0.394 e. The Labute approximate surface area is 132 Å². The maximum absolute atomic E-state index is 10.4. The van der Waals surface area contributed by atoms with Crippen molar-refractivity contribution < 1.29 is 44.9 Å². The van der Waals surface area contributed by atoms with Gasteiger partial charge in [-0.15, -0.1) is 0 Å². The SMILES string of the molecule is N[C@@H](C=O)[C@@H](O)[C@H](O)[C@H](O)COC1O[C@H](CO)[C@@H](O)[C@H](O)[C@H]1N. The van der Waals surface area contributed by atoms with Gasteiger partial charge in [-0.2, -0.15) is 0 Å². The van der Waals surface area contributed by atoms with E-state index in [0.29, 0.717) is 0 Å². The molecule has 1 aliphatic heterocycles. The Morgan fingerprint density at radius 2 is 1.78 bits per heavy atom. The molecule has 0 aromatic rings. The van der Waals surface area contributed by atoms with Crippen molar-refractivity contribution >= 4 is 6.29 Å². The van der Waals surface area contributed by atoms with Gasteiger partial charge >= 0.3 is 0 Å². The van der Waals surface area contributed by atoms with Crippen LogP contribution >= 0.6 is 0 Å². The summed E-state index contributed by atoms with van der Waals surface area (Å²) in [5.74, 6) is 0. The average molecular weight is 340 g/mol. The van der Waals surface area contributed by atoms with E-state index in [4.69, 9.17) is 26.0 Å². The zero-order valence-corrected chi connectivity index (χ0v) is 12.3. The number of hydrogen-bond donors (Lipinski definition) is 8. The quantitative estimate of drug-likeness (QED) is 0.195. The number of ether oxygens (including phenoxy) is 2. The van der Waals surface area contributed by atoms with Crippen LogP contribution in [0.15, 0.2) is 0 Å². The Balaban J connectivity index is 2.57. The molecule has 1 saturated heterocycles. The van der Waals surface area contributed by atoms with E-state index in [1.54, 1.807) is 0 Å². The van der Waals surface area contributed by atoms with Gasteiger partial charge in [-0.05, 0) is 0 Å². The van der Waals surface area contributed by atoms with Gasteiger partial charge in [0.05, 0.1) is 25.3 Å². The first-order chi connectivity index (χ1) is 10.7. The molecule has 0 aromatic carbocycles. The zero-order chi connectivity index (χ0) is 17.7. The van der Waals surface area contributed by atoms with Crippen LogP contribution in [-0.4, -0.2) is 105 Å². The van der Waals surface area contributed by atoms with E-state index >= 15 is 0 Å². The van der Waals surface area contributed by atoms with Crippen LogP contribution in [0.4, 0.5) is 0 Å². The molecule has 10 N–H and O–H groups in total. The normalized spacial score (nSPS) is 37.0. The topological polar surface area (TPSA) is 209 Å². The molecular weight excluding hydrogens is 316 g/mol. The monoisotopic (exact) mass is 340 g/mol. The fraction of sp³-hybridized carbons (Fsp3) is 0.917. The highest BCUT2D eigenvalue weighted by Crippen LogP contribution is 2.21. The molecule has 9 atom stereocenters. The summed E-state index contributed by atoms with van der Waals surface area (Å²) in [4.78, 5) is 10.4. The van der Waals surface area contributed by atoms with E-state index in [1.807, 2.05) is 0 Å². The van der Waals surface area contributed by atoms with Gasteiger partial charge in [-0.3, -0.25) is 0 Å². The summed E-state index contributed by atoms with van der Waals surface area (Å²) in [5.41, 5.74) is 10.8. The summed E-state index contributed by atoms with van der Waals surface area (Å²) in [6.45, 7) is -1.16. The number of nitrogens with two attached hydrogens (primary N) is 2. The molecule has 11 nitrogen and oxygen atoms in total. The third kappa shape index (κ3) is 4.87. The van der Waals surface area contributed by atoms with Crippen LogP contribution < -0.4 is 11.5 Å². The van der Waals surface area contributed by atoms with Crippen molar-refractivity contribution in [1.82, 2.24) is 0 Å². The number of aliphatic hydroxyl groups is 6. The largest absolute Gasteiger partial charge is 0.394 e. The standard InChI is InChI=1S/C12H24N2O9/c13-4(1-15)8(18)9(19)5(17)3-22-12-7(14)11(21)10(20)6(2-16)23-12/h1,4-12,16-21H,2-3,13-14H2/t4-,5+,6+,7+,8+,9+,10+,11+,12?/m0/s1. The molecule has 11 heteroatoms. The second-order valence-electron chi connectivity index (χ2n) is 5.38. The zero-order valence-electron chi connectivity index (χ0n) is 12.3. The van der Waals surface area contributed by atoms with Gasteiger partial charge in [0.2, 0.25) is 0 Å². The van der Waals surface area contributed by atoms with Gasteiger partial charge in [0, 0.05) is 0 Å². The molecule has 136 valence electrons. The van der Waals surface area contributed by atoms with Crippen LogP contribution in [0.3, 0.4) is 0 Å². The number of aliphatic hydroxyl groups excluding tert-OH is 6. The Hall–Kier alpha value is -0.730. The van der Waals surface area contributed by atoms with Crippen LogP contribution in [0.2, 0.25) is 0 Å². The Kier molecular flexibility index (Phi) is 7.89. The van der Waals surface area contributed by atoms with Gasteiger partial charge in [0.25, 0.3) is 0 Å². The first-order valence-corrected chi connectivity index (χ1v) is 6.99. The average Bonchev–Trinajstić information content (AvgIpc) is 2.56. The Morgan fingerprint density at radius 1 is 1.17 bits per heavy atom. The number of carbonyl (C=O) groups is 1. The fourth-order valence-corrected chi connectivity index (χ4v) is 2.08. The van der Waals surface area contributed by atoms with Crippen LogP contribution in [-0.2, 0) is 14.3 Å². The van der Waals surface area contributed by atoms with Crippen molar-refractivity contribution in [3.05, 3.63) is 0 Å². The van der Waals surface area contributed by atoms with Crippen molar-refractivity contribution in [2.24, 2.45) is 11.5 Å². The predicted octanol–water partition coefficient (Wildman–Crippen LogP) is -5.62. The van der Waals surface area contributed by atoms with Gasteiger partial charge in [-0.25, -0.2) is 0 Å². The van der Waals surface area contributed by atoms with E-state index < -0.39 is 68.2 Å². The molecule has 1 rings (SSSR count). The third-order valence-electron chi connectivity index (χ3n) is 3.66. The maximum Gasteiger partial charge on any atom is 0.175 e. The van der Waals surface area contributed by atoms with Crippen LogP contribution in [0.25, 0.3) is 0 Å². The number of carbonyl (C=O) groups excluding carboxylic acids is 1. The maximum atomic E-state index is 10.4. The summed E-state index contributed by atoms with van der Waals surface area (Å²) < 4.78 is 10.3. The van der Waals surface area contributed by atoms with Crippen molar-refractivity contribution in [3.8, 4) is 0 Å². The van der Waals surface area contributed by atoms with E-state index in [2.05, 4.69) is 0 Å².